The van der Waals surface area contributed by atoms with E-state index in [9.17, 15) is 14.3 Å². The summed E-state index contributed by atoms with van der Waals surface area (Å²) in [4.78, 5) is 21.7. The second kappa shape index (κ2) is 8.53. The topological polar surface area (TPSA) is 75.1 Å². The second-order valence-corrected chi connectivity index (χ2v) is 6.72. The van der Waals surface area contributed by atoms with Crippen LogP contribution in [0.1, 0.15) is 5.56 Å². The second-order valence-electron chi connectivity index (χ2n) is 6.72. The van der Waals surface area contributed by atoms with Crippen LogP contribution in [0.15, 0.2) is 85.1 Å². The van der Waals surface area contributed by atoms with Gasteiger partial charge in [-0.25, -0.2) is 14.4 Å². The summed E-state index contributed by atoms with van der Waals surface area (Å²) in [5.41, 5.74) is 3.44. The third kappa shape index (κ3) is 4.50. The number of phenolic OH excluding ortho intramolecular Hbond substituents is 1. The highest BCUT2D eigenvalue weighted by Crippen LogP contribution is 2.29. The van der Waals surface area contributed by atoms with E-state index in [0.29, 0.717) is 28.3 Å². The molecule has 1 amide bonds. The van der Waals surface area contributed by atoms with Gasteiger partial charge in [0, 0.05) is 11.1 Å². The van der Waals surface area contributed by atoms with Gasteiger partial charge in [-0.2, -0.15) is 0 Å². The summed E-state index contributed by atoms with van der Waals surface area (Å²) in [6.45, 7) is 0. The largest absolute Gasteiger partial charge is 0.508 e. The molecule has 0 aliphatic rings. The number of amides is 1. The van der Waals surface area contributed by atoms with Crippen molar-refractivity contribution in [3.05, 3.63) is 96.4 Å². The zero-order valence-corrected chi connectivity index (χ0v) is 15.9. The number of nitrogens with zero attached hydrogens (tertiary/aromatic N) is 2. The number of anilines is 1. The predicted octanol–water partition coefficient (Wildman–Crippen LogP) is 4.84. The van der Waals surface area contributed by atoms with Gasteiger partial charge in [-0.1, -0.05) is 42.5 Å². The zero-order chi connectivity index (χ0) is 20.9. The van der Waals surface area contributed by atoms with Gasteiger partial charge in [0.05, 0.1) is 18.3 Å². The van der Waals surface area contributed by atoms with Crippen LogP contribution < -0.4 is 5.32 Å². The van der Waals surface area contributed by atoms with Crippen molar-refractivity contribution in [2.75, 3.05) is 5.32 Å². The van der Waals surface area contributed by atoms with Gasteiger partial charge in [0.25, 0.3) is 0 Å². The minimum atomic E-state index is -0.351. The third-order valence-corrected chi connectivity index (χ3v) is 4.52. The number of nitrogens with one attached hydrogen (secondary N) is 1. The van der Waals surface area contributed by atoms with E-state index in [1.807, 2.05) is 30.3 Å². The number of hydrogen-bond donors (Lipinski definition) is 2. The molecule has 0 bridgehead atoms. The van der Waals surface area contributed by atoms with Crippen molar-refractivity contribution in [2.24, 2.45) is 0 Å². The first-order chi connectivity index (χ1) is 14.6. The maximum atomic E-state index is 13.1. The minimum absolute atomic E-state index is 0.0808. The van der Waals surface area contributed by atoms with Gasteiger partial charge in [0.1, 0.15) is 17.3 Å². The molecule has 0 saturated heterocycles. The smallest absolute Gasteiger partial charge is 0.230 e. The molecule has 5 nitrogen and oxygen atoms in total. The lowest BCUT2D eigenvalue weighted by Crippen LogP contribution is -2.16. The molecular weight excluding hydrogens is 381 g/mol. The molecule has 0 fully saturated rings. The molecule has 0 aliphatic heterocycles. The first-order valence-corrected chi connectivity index (χ1v) is 9.34. The van der Waals surface area contributed by atoms with E-state index in [-0.39, 0.29) is 23.9 Å². The van der Waals surface area contributed by atoms with Crippen molar-refractivity contribution in [1.29, 1.82) is 0 Å². The molecule has 0 spiro atoms. The number of hydrogen-bond acceptors (Lipinski definition) is 4. The SMILES string of the molecule is O=C(Cc1ccc(F)cc1)Nc1ncc(-c2ccccc2)nc1-c1ccc(O)cc1. The zero-order valence-electron chi connectivity index (χ0n) is 15.9. The number of halogens is 1. The fraction of sp³-hybridized carbons (Fsp3) is 0.0417. The van der Waals surface area contributed by atoms with E-state index in [1.165, 1.54) is 12.1 Å². The van der Waals surface area contributed by atoms with Crippen LogP contribution in [0.2, 0.25) is 0 Å². The van der Waals surface area contributed by atoms with Crippen LogP contribution in [-0.4, -0.2) is 21.0 Å². The molecule has 3 aromatic carbocycles. The molecule has 4 aromatic rings. The number of benzene rings is 3. The highest BCUT2D eigenvalue weighted by atomic mass is 19.1. The molecule has 1 heterocycles. The fourth-order valence-electron chi connectivity index (χ4n) is 3.01. The Kier molecular flexibility index (Phi) is 5.48. The maximum Gasteiger partial charge on any atom is 0.230 e. The van der Waals surface area contributed by atoms with E-state index in [2.05, 4.69) is 10.3 Å². The molecule has 0 unspecified atom stereocenters. The molecule has 0 saturated carbocycles. The Bertz CT molecular complexity index is 1160. The number of carbonyl (C=O) groups excluding carboxylic acids is 1. The molecule has 30 heavy (non-hydrogen) atoms. The summed E-state index contributed by atoms with van der Waals surface area (Å²) in [5, 5.41) is 12.4. The number of aromatic hydroxyl groups is 1. The van der Waals surface area contributed by atoms with Crippen molar-refractivity contribution in [1.82, 2.24) is 9.97 Å². The number of aromatic nitrogens is 2. The van der Waals surface area contributed by atoms with Crippen LogP contribution in [0.25, 0.3) is 22.5 Å². The lowest BCUT2D eigenvalue weighted by molar-refractivity contribution is -0.115. The van der Waals surface area contributed by atoms with E-state index in [0.717, 1.165) is 5.56 Å². The van der Waals surface area contributed by atoms with E-state index >= 15 is 0 Å². The Balaban J connectivity index is 1.66. The van der Waals surface area contributed by atoms with Crippen molar-refractivity contribution < 1.29 is 14.3 Å². The van der Waals surface area contributed by atoms with Gasteiger partial charge in [-0.05, 0) is 42.0 Å². The van der Waals surface area contributed by atoms with Crippen LogP contribution in [0.5, 0.6) is 5.75 Å². The van der Waals surface area contributed by atoms with Crippen LogP contribution in [0.3, 0.4) is 0 Å². The monoisotopic (exact) mass is 399 g/mol. The van der Waals surface area contributed by atoms with E-state index in [4.69, 9.17) is 4.98 Å². The number of carbonyl (C=O) groups is 1. The van der Waals surface area contributed by atoms with Crippen LogP contribution in [-0.2, 0) is 11.2 Å². The van der Waals surface area contributed by atoms with Crippen molar-refractivity contribution in [3.63, 3.8) is 0 Å². The fourth-order valence-corrected chi connectivity index (χ4v) is 3.01. The van der Waals surface area contributed by atoms with Crippen LogP contribution in [0.4, 0.5) is 10.2 Å². The molecule has 2 N–H and O–H groups in total. The average molecular weight is 399 g/mol. The van der Waals surface area contributed by atoms with Crippen molar-refractivity contribution in [2.45, 2.75) is 6.42 Å². The Labute approximate surface area is 172 Å². The van der Waals surface area contributed by atoms with E-state index in [1.54, 1.807) is 42.6 Å². The summed E-state index contributed by atoms with van der Waals surface area (Å²) < 4.78 is 13.1. The number of rotatable bonds is 5. The lowest BCUT2D eigenvalue weighted by Gasteiger charge is -2.12. The van der Waals surface area contributed by atoms with Crippen LogP contribution >= 0.6 is 0 Å². The molecule has 6 heteroatoms. The van der Waals surface area contributed by atoms with Gasteiger partial charge in [-0.3, -0.25) is 4.79 Å². The summed E-state index contributed by atoms with van der Waals surface area (Å²) in [6, 6.07) is 21.9. The Morgan fingerprint density at radius 1 is 0.900 bits per heavy atom. The quantitative estimate of drug-likeness (QED) is 0.504. The van der Waals surface area contributed by atoms with Gasteiger partial charge >= 0.3 is 0 Å². The summed E-state index contributed by atoms with van der Waals surface area (Å²) >= 11 is 0. The van der Waals surface area contributed by atoms with Gasteiger partial charge in [0.2, 0.25) is 5.91 Å². The summed E-state index contributed by atoms with van der Waals surface area (Å²) in [6.07, 6.45) is 1.68. The molecule has 0 aliphatic carbocycles. The first-order valence-electron chi connectivity index (χ1n) is 9.34. The first kappa shape index (κ1) is 19.3. The molecular formula is C24H18FN3O2. The molecule has 4 rings (SSSR count). The number of phenols is 1. The Morgan fingerprint density at radius 2 is 1.60 bits per heavy atom. The van der Waals surface area contributed by atoms with E-state index < -0.39 is 0 Å². The molecule has 1 aromatic heterocycles. The highest BCUT2D eigenvalue weighted by molar-refractivity contribution is 5.94. The van der Waals surface area contributed by atoms with Crippen LogP contribution in [0, 0.1) is 5.82 Å². The standard InChI is InChI=1S/C24H18FN3O2/c25-19-10-6-16(7-11-19)14-22(30)28-24-23(18-8-12-20(29)13-9-18)27-21(15-26-24)17-4-2-1-3-5-17/h1-13,15,29H,14H2,(H,26,28,30). The van der Waals surface area contributed by atoms with Crippen molar-refractivity contribution >= 4 is 11.7 Å². The van der Waals surface area contributed by atoms with Gasteiger partial charge in [-0.15, -0.1) is 0 Å². The Hall–Kier alpha value is -4.06. The molecule has 0 radical (unpaired) electrons. The minimum Gasteiger partial charge on any atom is -0.508 e. The maximum absolute atomic E-state index is 13.1. The lowest BCUT2D eigenvalue weighted by atomic mass is 10.1. The van der Waals surface area contributed by atoms with Gasteiger partial charge < -0.3 is 10.4 Å². The average Bonchev–Trinajstić information content (AvgIpc) is 2.77. The molecule has 148 valence electrons. The normalized spacial score (nSPS) is 10.6. The Morgan fingerprint density at radius 3 is 2.30 bits per heavy atom. The highest BCUT2D eigenvalue weighted by Gasteiger charge is 2.14. The predicted molar refractivity (Wildman–Crippen MR) is 113 cm³/mol. The summed E-state index contributed by atoms with van der Waals surface area (Å²) in [5.74, 6) is -0.195. The van der Waals surface area contributed by atoms with Crippen molar-refractivity contribution in [3.8, 4) is 28.3 Å². The van der Waals surface area contributed by atoms with Gasteiger partial charge in [0.15, 0.2) is 5.82 Å². The third-order valence-electron chi connectivity index (χ3n) is 4.52. The molecule has 0 atom stereocenters. The summed E-state index contributed by atoms with van der Waals surface area (Å²) in [7, 11) is 0.